The Labute approximate surface area is 152 Å². The van der Waals surface area contributed by atoms with Gasteiger partial charge in [-0.15, -0.1) is 0 Å². The SMILES string of the molecule is O=C(Nc1ccc(Oc2cnccn2)cc1)c1cc([N+](=O)[O-])ccc1Cl. The maximum Gasteiger partial charge on any atom is 0.270 e. The number of anilines is 1. The molecule has 2 aromatic carbocycles. The summed E-state index contributed by atoms with van der Waals surface area (Å²) in [6, 6.07) is 10.2. The van der Waals surface area contributed by atoms with Crippen LogP contribution in [0.2, 0.25) is 5.02 Å². The number of hydrogen-bond acceptors (Lipinski definition) is 6. The number of nitrogens with zero attached hydrogens (tertiary/aromatic N) is 3. The quantitative estimate of drug-likeness (QED) is 0.535. The van der Waals surface area contributed by atoms with E-state index in [9.17, 15) is 14.9 Å². The molecule has 0 atom stereocenters. The van der Waals surface area contributed by atoms with Gasteiger partial charge >= 0.3 is 0 Å². The number of carbonyl (C=O) groups excluding carboxylic acids is 1. The third kappa shape index (κ3) is 4.11. The zero-order chi connectivity index (χ0) is 18.5. The van der Waals surface area contributed by atoms with E-state index in [2.05, 4.69) is 15.3 Å². The molecule has 0 spiro atoms. The largest absolute Gasteiger partial charge is 0.438 e. The van der Waals surface area contributed by atoms with Crippen molar-refractivity contribution in [1.82, 2.24) is 9.97 Å². The van der Waals surface area contributed by atoms with E-state index < -0.39 is 10.8 Å². The number of ether oxygens (including phenoxy) is 1. The highest BCUT2D eigenvalue weighted by Gasteiger charge is 2.16. The smallest absolute Gasteiger partial charge is 0.270 e. The summed E-state index contributed by atoms with van der Waals surface area (Å²) in [6.45, 7) is 0. The van der Waals surface area contributed by atoms with E-state index in [0.717, 1.165) is 6.07 Å². The molecular weight excluding hydrogens is 360 g/mol. The summed E-state index contributed by atoms with van der Waals surface area (Å²) >= 11 is 5.96. The van der Waals surface area contributed by atoms with Crippen LogP contribution in [0, 0.1) is 10.1 Å². The summed E-state index contributed by atoms with van der Waals surface area (Å²) in [5, 5.41) is 13.6. The van der Waals surface area contributed by atoms with E-state index in [1.165, 1.54) is 30.7 Å². The van der Waals surface area contributed by atoms with Crippen LogP contribution < -0.4 is 10.1 Å². The normalized spacial score (nSPS) is 10.2. The molecule has 0 radical (unpaired) electrons. The standard InChI is InChI=1S/C17H11ClN4O4/c18-15-6-3-12(22(24)25)9-14(15)17(23)21-11-1-4-13(5-2-11)26-16-10-19-7-8-20-16/h1-10H,(H,21,23). The molecule has 3 aromatic rings. The van der Waals surface area contributed by atoms with Crippen molar-refractivity contribution in [2.24, 2.45) is 0 Å². The topological polar surface area (TPSA) is 107 Å². The molecular formula is C17H11ClN4O4. The highest BCUT2D eigenvalue weighted by atomic mass is 35.5. The number of rotatable bonds is 5. The molecule has 0 aliphatic heterocycles. The first-order chi connectivity index (χ1) is 12.5. The number of nitrogens with one attached hydrogen (secondary N) is 1. The minimum atomic E-state index is -0.592. The van der Waals surface area contributed by atoms with Crippen molar-refractivity contribution < 1.29 is 14.5 Å². The van der Waals surface area contributed by atoms with Crippen LogP contribution in [0.5, 0.6) is 11.6 Å². The molecule has 1 heterocycles. The Morgan fingerprint density at radius 3 is 2.58 bits per heavy atom. The minimum Gasteiger partial charge on any atom is -0.438 e. The molecule has 0 saturated heterocycles. The lowest BCUT2D eigenvalue weighted by Crippen LogP contribution is -2.12. The molecule has 1 amide bonds. The van der Waals surface area contributed by atoms with E-state index >= 15 is 0 Å². The Balaban J connectivity index is 1.72. The molecule has 1 N–H and O–H groups in total. The number of benzene rings is 2. The van der Waals surface area contributed by atoms with Crippen molar-refractivity contribution in [3.8, 4) is 11.6 Å². The van der Waals surface area contributed by atoms with Crippen LogP contribution in [-0.2, 0) is 0 Å². The molecule has 9 heteroatoms. The highest BCUT2D eigenvalue weighted by molar-refractivity contribution is 6.34. The summed E-state index contributed by atoms with van der Waals surface area (Å²) < 4.78 is 5.50. The number of non-ortho nitro benzene ring substituents is 1. The lowest BCUT2D eigenvalue weighted by Gasteiger charge is -2.08. The van der Waals surface area contributed by atoms with E-state index in [1.807, 2.05) is 0 Å². The highest BCUT2D eigenvalue weighted by Crippen LogP contribution is 2.24. The molecule has 130 valence electrons. The number of hydrogen-bond donors (Lipinski definition) is 1. The van der Waals surface area contributed by atoms with Crippen LogP contribution in [0.4, 0.5) is 11.4 Å². The Morgan fingerprint density at radius 2 is 1.92 bits per heavy atom. The summed E-state index contributed by atoms with van der Waals surface area (Å²) in [4.78, 5) is 30.5. The fraction of sp³-hybridized carbons (Fsp3) is 0. The van der Waals surface area contributed by atoms with Crippen molar-refractivity contribution in [3.05, 3.63) is 81.8 Å². The lowest BCUT2D eigenvalue weighted by molar-refractivity contribution is -0.384. The Morgan fingerprint density at radius 1 is 1.15 bits per heavy atom. The van der Waals surface area contributed by atoms with Gasteiger partial charge in [0.1, 0.15) is 5.75 Å². The fourth-order valence-electron chi connectivity index (χ4n) is 2.06. The second kappa shape index (κ2) is 7.58. The summed E-state index contributed by atoms with van der Waals surface area (Å²) in [6.07, 6.45) is 4.51. The van der Waals surface area contributed by atoms with Crippen molar-refractivity contribution in [2.75, 3.05) is 5.32 Å². The van der Waals surface area contributed by atoms with Gasteiger partial charge in [-0.2, -0.15) is 0 Å². The second-order valence-corrected chi connectivity index (χ2v) is 5.45. The lowest BCUT2D eigenvalue weighted by atomic mass is 10.2. The van der Waals surface area contributed by atoms with E-state index in [4.69, 9.17) is 16.3 Å². The van der Waals surface area contributed by atoms with Gasteiger partial charge in [-0.1, -0.05) is 11.6 Å². The van der Waals surface area contributed by atoms with Crippen LogP contribution in [0.15, 0.2) is 61.1 Å². The van der Waals surface area contributed by atoms with Crippen LogP contribution in [0.1, 0.15) is 10.4 Å². The van der Waals surface area contributed by atoms with Gasteiger partial charge in [0.05, 0.1) is 21.7 Å². The molecule has 0 bridgehead atoms. The third-order valence-corrected chi connectivity index (χ3v) is 3.61. The van der Waals surface area contributed by atoms with Crippen molar-refractivity contribution >= 4 is 28.9 Å². The minimum absolute atomic E-state index is 0.0146. The number of carbonyl (C=O) groups is 1. The number of amides is 1. The number of aromatic nitrogens is 2. The number of nitro groups is 1. The predicted octanol–water partition coefficient (Wildman–Crippen LogP) is 4.08. The second-order valence-electron chi connectivity index (χ2n) is 5.05. The first-order valence-corrected chi connectivity index (χ1v) is 7.70. The average molecular weight is 371 g/mol. The van der Waals surface area contributed by atoms with Gasteiger partial charge in [0.2, 0.25) is 5.88 Å². The fourth-order valence-corrected chi connectivity index (χ4v) is 2.27. The molecule has 26 heavy (non-hydrogen) atoms. The van der Waals surface area contributed by atoms with E-state index in [0.29, 0.717) is 17.3 Å². The van der Waals surface area contributed by atoms with Crippen LogP contribution in [0.25, 0.3) is 0 Å². The van der Waals surface area contributed by atoms with E-state index in [1.54, 1.807) is 24.3 Å². The Hall–Kier alpha value is -3.52. The zero-order valence-corrected chi connectivity index (χ0v) is 13.9. The van der Waals surface area contributed by atoms with Crippen LogP contribution in [0.3, 0.4) is 0 Å². The predicted molar refractivity (Wildman–Crippen MR) is 94.6 cm³/mol. The van der Waals surface area contributed by atoms with E-state index in [-0.39, 0.29) is 16.3 Å². The molecule has 0 aliphatic rings. The van der Waals surface area contributed by atoms with Crippen molar-refractivity contribution in [2.45, 2.75) is 0 Å². The van der Waals surface area contributed by atoms with Crippen LogP contribution >= 0.6 is 11.6 Å². The summed E-state index contributed by atoms with van der Waals surface area (Å²) in [5.74, 6) is 0.297. The monoisotopic (exact) mass is 370 g/mol. The summed E-state index contributed by atoms with van der Waals surface area (Å²) in [5.41, 5.74) is 0.275. The van der Waals surface area contributed by atoms with Crippen LogP contribution in [-0.4, -0.2) is 20.8 Å². The molecule has 0 fully saturated rings. The third-order valence-electron chi connectivity index (χ3n) is 3.28. The average Bonchev–Trinajstić information content (AvgIpc) is 2.64. The van der Waals surface area contributed by atoms with Gasteiger partial charge < -0.3 is 10.1 Å². The Bertz CT molecular complexity index is 949. The first-order valence-electron chi connectivity index (χ1n) is 7.32. The van der Waals surface area contributed by atoms with Gasteiger partial charge in [0.15, 0.2) is 0 Å². The summed E-state index contributed by atoms with van der Waals surface area (Å²) in [7, 11) is 0. The van der Waals surface area contributed by atoms with Gasteiger partial charge in [-0.3, -0.25) is 19.9 Å². The number of halogens is 1. The first kappa shape index (κ1) is 17.3. The number of nitro benzene ring substituents is 1. The maximum atomic E-state index is 12.3. The van der Waals surface area contributed by atoms with Crippen molar-refractivity contribution in [1.29, 1.82) is 0 Å². The molecule has 0 aliphatic carbocycles. The van der Waals surface area contributed by atoms with Gasteiger partial charge in [-0.25, -0.2) is 4.98 Å². The molecule has 3 rings (SSSR count). The Kier molecular flexibility index (Phi) is 5.04. The van der Waals surface area contributed by atoms with Gasteiger partial charge in [-0.05, 0) is 30.3 Å². The maximum absolute atomic E-state index is 12.3. The zero-order valence-electron chi connectivity index (χ0n) is 13.1. The molecule has 0 saturated carbocycles. The van der Waals surface area contributed by atoms with Gasteiger partial charge in [0, 0.05) is 30.2 Å². The van der Waals surface area contributed by atoms with Gasteiger partial charge in [0.25, 0.3) is 11.6 Å². The molecule has 8 nitrogen and oxygen atoms in total. The van der Waals surface area contributed by atoms with Crippen molar-refractivity contribution in [3.63, 3.8) is 0 Å². The molecule has 1 aromatic heterocycles. The molecule has 0 unspecified atom stereocenters.